The molecule has 1 aromatic carbocycles. The lowest BCUT2D eigenvalue weighted by atomic mass is 10.1. The summed E-state index contributed by atoms with van der Waals surface area (Å²) in [6.45, 7) is 1.37. The van der Waals surface area contributed by atoms with Crippen molar-refractivity contribution in [2.45, 2.75) is 25.0 Å². The van der Waals surface area contributed by atoms with Crippen molar-refractivity contribution in [3.63, 3.8) is 0 Å². The predicted octanol–water partition coefficient (Wildman–Crippen LogP) is 1.38. The third kappa shape index (κ3) is 3.19. The third-order valence-corrected chi connectivity index (χ3v) is 3.03. The number of hydrogen-bond acceptors (Lipinski definition) is 4. The topological polar surface area (TPSA) is 64.7 Å². The van der Waals surface area contributed by atoms with Crippen molar-refractivity contribution >= 4 is 0 Å². The first kappa shape index (κ1) is 13.3. The van der Waals surface area contributed by atoms with Crippen LogP contribution in [-0.4, -0.2) is 31.0 Å². The highest BCUT2D eigenvalue weighted by atomic mass is 19.1. The standard InChI is InChI=1S/C13H18FNO3/c14-11-7-9(12(16)8-15)1-2-13(11)18-10-3-5-17-6-4-10/h1-2,7,10,12,16H,3-6,8,15H2. The van der Waals surface area contributed by atoms with E-state index < -0.39 is 11.9 Å². The van der Waals surface area contributed by atoms with Gasteiger partial charge in [-0.25, -0.2) is 4.39 Å². The van der Waals surface area contributed by atoms with E-state index in [9.17, 15) is 9.50 Å². The normalized spacial score (nSPS) is 18.6. The maximum atomic E-state index is 13.8. The molecule has 1 aromatic rings. The molecular weight excluding hydrogens is 237 g/mol. The molecule has 0 amide bonds. The molecule has 1 atom stereocenters. The summed E-state index contributed by atoms with van der Waals surface area (Å²) in [5.41, 5.74) is 5.79. The minimum atomic E-state index is -0.836. The van der Waals surface area contributed by atoms with Crippen molar-refractivity contribution < 1.29 is 19.0 Å². The molecule has 1 unspecified atom stereocenters. The van der Waals surface area contributed by atoms with E-state index in [0.717, 1.165) is 12.8 Å². The zero-order valence-corrected chi connectivity index (χ0v) is 10.1. The molecule has 1 aliphatic heterocycles. The summed E-state index contributed by atoms with van der Waals surface area (Å²) in [6.07, 6.45) is 0.703. The molecule has 0 aromatic heterocycles. The van der Waals surface area contributed by atoms with Crippen LogP contribution in [0.2, 0.25) is 0 Å². The lowest BCUT2D eigenvalue weighted by Crippen LogP contribution is -2.26. The maximum Gasteiger partial charge on any atom is 0.165 e. The first-order chi connectivity index (χ1) is 8.70. The minimum Gasteiger partial charge on any atom is -0.487 e. The first-order valence-electron chi connectivity index (χ1n) is 6.12. The zero-order valence-electron chi connectivity index (χ0n) is 10.1. The molecule has 3 N–H and O–H groups in total. The smallest absolute Gasteiger partial charge is 0.165 e. The van der Waals surface area contributed by atoms with Crippen LogP contribution in [0.3, 0.4) is 0 Å². The molecule has 0 radical (unpaired) electrons. The summed E-state index contributed by atoms with van der Waals surface area (Å²) in [5.74, 6) is -0.249. The van der Waals surface area contributed by atoms with Crippen molar-refractivity contribution in [1.29, 1.82) is 0 Å². The Bertz CT molecular complexity index is 394. The Morgan fingerprint density at radius 3 is 2.78 bits per heavy atom. The van der Waals surface area contributed by atoms with Crippen LogP contribution in [0, 0.1) is 5.82 Å². The summed E-state index contributed by atoms with van der Waals surface area (Å²) < 4.78 is 24.6. The zero-order chi connectivity index (χ0) is 13.0. The highest BCUT2D eigenvalue weighted by molar-refractivity contribution is 5.30. The Morgan fingerprint density at radius 2 is 2.17 bits per heavy atom. The van der Waals surface area contributed by atoms with E-state index in [4.69, 9.17) is 15.2 Å². The SMILES string of the molecule is NCC(O)c1ccc(OC2CCOCC2)c(F)c1. The van der Waals surface area contributed by atoms with Gasteiger partial charge in [-0.05, 0) is 17.7 Å². The molecule has 4 nitrogen and oxygen atoms in total. The number of halogens is 1. The van der Waals surface area contributed by atoms with E-state index in [1.807, 2.05) is 0 Å². The van der Waals surface area contributed by atoms with Crippen LogP contribution in [0.4, 0.5) is 4.39 Å². The minimum absolute atomic E-state index is 0.00136. The Kier molecular flexibility index (Phi) is 4.52. The van der Waals surface area contributed by atoms with E-state index in [0.29, 0.717) is 18.8 Å². The average Bonchev–Trinajstić information content (AvgIpc) is 2.41. The van der Waals surface area contributed by atoms with Gasteiger partial charge in [0.1, 0.15) is 6.10 Å². The van der Waals surface area contributed by atoms with Gasteiger partial charge >= 0.3 is 0 Å². The second-order valence-electron chi connectivity index (χ2n) is 4.37. The fourth-order valence-corrected chi connectivity index (χ4v) is 1.93. The van der Waals surface area contributed by atoms with Gasteiger partial charge in [0.25, 0.3) is 0 Å². The highest BCUT2D eigenvalue weighted by Gasteiger charge is 2.17. The lowest BCUT2D eigenvalue weighted by molar-refractivity contribution is 0.0240. The monoisotopic (exact) mass is 255 g/mol. The Hall–Kier alpha value is -1.17. The number of ether oxygens (including phenoxy) is 2. The molecule has 18 heavy (non-hydrogen) atoms. The number of nitrogens with two attached hydrogens (primary N) is 1. The van der Waals surface area contributed by atoms with Gasteiger partial charge in [0.2, 0.25) is 0 Å². The van der Waals surface area contributed by atoms with E-state index in [1.165, 1.54) is 6.07 Å². The molecule has 5 heteroatoms. The fourth-order valence-electron chi connectivity index (χ4n) is 1.93. The first-order valence-corrected chi connectivity index (χ1v) is 6.12. The van der Waals surface area contributed by atoms with E-state index in [-0.39, 0.29) is 18.4 Å². The second kappa shape index (κ2) is 6.13. The molecule has 0 aliphatic carbocycles. The van der Waals surface area contributed by atoms with Crippen LogP contribution in [0.15, 0.2) is 18.2 Å². The number of hydrogen-bond donors (Lipinski definition) is 2. The fraction of sp³-hybridized carbons (Fsp3) is 0.538. The Balaban J connectivity index is 2.04. The predicted molar refractivity (Wildman–Crippen MR) is 64.9 cm³/mol. The molecule has 1 aliphatic rings. The van der Waals surface area contributed by atoms with Crippen LogP contribution < -0.4 is 10.5 Å². The number of aliphatic hydroxyl groups is 1. The van der Waals surface area contributed by atoms with Gasteiger partial charge in [0, 0.05) is 19.4 Å². The van der Waals surface area contributed by atoms with Gasteiger partial charge < -0.3 is 20.3 Å². The molecule has 100 valence electrons. The molecule has 0 bridgehead atoms. The number of aliphatic hydroxyl groups excluding tert-OH is 1. The van der Waals surface area contributed by atoms with Crippen LogP contribution in [0.1, 0.15) is 24.5 Å². The second-order valence-corrected chi connectivity index (χ2v) is 4.37. The lowest BCUT2D eigenvalue weighted by Gasteiger charge is -2.23. The van der Waals surface area contributed by atoms with Gasteiger partial charge in [0.15, 0.2) is 11.6 Å². The Morgan fingerprint density at radius 1 is 1.44 bits per heavy atom. The largest absolute Gasteiger partial charge is 0.487 e. The quantitative estimate of drug-likeness (QED) is 0.853. The number of benzene rings is 1. The van der Waals surface area contributed by atoms with E-state index in [2.05, 4.69) is 0 Å². The van der Waals surface area contributed by atoms with Crippen molar-refractivity contribution in [3.05, 3.63) is 29.6 Å². The highest BCUT2D eigenvalue weighted by Crippen LogP contribution is 2.24. The summed E-state index contributed by atoms with van der Waals surface area (Å²) in [5, 5.41) is 9.52. The van der Waals surface area contributed by atoms with Crippen LogP contribution >= 0.6 is 0 Å². The van der Waals surface area contributed by atoms with E-state index in [1.54, 1.807) is 12.1 Å². The molecule has 1 saturated heterocycles. The van der Waals surface area contributed by atoms with Gasteiger partial charge in [0.05, 0.1) is 19.3 Å². The van der Waals surface area contributed by atoms with Crippen molar-refractivity contribution in [2.24, 2.45) is 5.73 Å². The van der Waals surface area contributed by atoms with Crippen molar-refractivity contribution in [2.75, 3.05) is 19.8 Å². The van der Waals surface area contributed by atoms with Crippen LogP contribution in [0.5, 0.6) is 5.75 Å². The van der Waals surface area contributed by atoms with Crippen LogP contribution in [-0.2, 0) is 4.74 Å². The van der Waals surface area contributed by atoms with Crippen molar-refractivity contribution in [1.82, 2.24) is 0 Å². The molecule has 1 fully saturated rings. The van der Waals surface area contributed by atoms with Gasteiger partial charge in [-0.15, -0.1) is 0 Å². The average molecular weight is 255 g/mol. The molecule has 2 rings (SSSR count). The van der Waals surface area contributed by atoms with Gasteiger partial charge in [-0.1, -0.05) is 6.07 Å². The summed E-state index contributed by atoms with van der Waals surface area (Å²) in [4.78, 5) is 0. The molecule has 1 heterocycles. The third-order valence-electron chi connectivity index (χ3n) is 3.03. The summed E-state index contributed by atoms with van der Waals surface area (Å²) >= 11 is 0. The van der Waals surface area contributed by atoms with Crippen LogP contribution in [0.25, 0.3) is 0 Å². The maximum absolute atomic E-state index is 13.8. The van der Waals surface area contributed by atoms with Gasteiger partial charge in [-0.2, -0.15) is 0 Å². The summed E-state index contributed by atoms with van der Waals surface area (Å²) in [7, 11) is 0. The van der Waals surface area contributed by atoms with Gasteiger partial charge in [-0.3, -0.25) is 0 Å². The van der Waals surface area contributed by atoms with Crippen molar-refractivity contribution in [3.8, 4) is 5.75 Å². The number of rotatable bonds is 4. The Labute approximate surface area is 106 Å². The molecule has 0 spiro atoms. The molecule has 0 saturated carbocycles. The van der Waals surface area contributed by atoms with E-state index >= 15 is 0 Å². The summed E-state index contributed by atoms with van der Waals surface area (Å²) in [6, 6.07) is 4.44. The molecular formula is C13H18FNO3.